The number of rotatable bonds is 3. The highest BCUT2D eigenvalue weighted by molar-refractivity contribution is 7.14. The first-order chi connectivity index (χ1) is 7.58. The molecule has 16 heavy (non-hydrogen) atoms. The molecular formula is C10H14N4S2. The van der Waals surface area contributed by atoms with Crippen molar-refractivity contribution in [3.63, 3.8) is 0 Å². The molecule has 0 radical (unpaired) electrons. The van der Waals surface area contributed by atoms with E-state index < -0.39 is 0 Å². The van der Waals surface area contributed by atoms with Gasteiger partial charge in [-0.1, -0.05) is 0 Å². The third-order valence-corrected chi connectivity index (χ3v) is 4.27. The number of aromatic nitrogens is 2. The summed E-state index contributed by atoms with van der Waals surface area (Å²) >= 11 is 3.27. The molecule has 0 spiro atoms. The number of aryl methyl sites for hydroxylation is 2. The van der Waals surface area contributed by atoms with Crippen molar-refractivity contribution in [3.05, 3.63) is 22.1 Å². The van der Waals surface area contributed by atoms with Gasteiger partial charge in [-0.2, -0.15) is 0 Å². The van der Waals surface area contributed by atoms with Crippen molar-refractivity contribution >= 4 is 32.9 Å². The first-order valence-electron chi connectivity index (χ1n) is 4.89. The summed E-state index contributed by atoms with van der Waals surface area (Å²) in [4.78, 5) is 8.89. The molecule has 0 saturated heterocycles. The third kappa shape index (κ3) is 2.17. The van der Waals surface area contributed by atoms with E-state index in [0.717, 1.165) is 21.7 Å². The lowest BCUT2D eigenvalue weighted by Gasteiger charge is -2.26. The van der Waals surface area contributed by atoms with Crippen molar-refractivity contribution in [2.45, 2.75) is 13.8 Å². The standard InChI is InChI=1S/C10H14N4S2/c1-7-5-15-9(11-7)13(3)14(4)10-12-8(2)6-16-10/h5-6H,1-4H3. The second-order valence-electron chi connectivity index (χ2n) is 3.59. The van der Waals surface area contributed by atoms with Crippen LogP contribution < -0.4 is 10.0 Å². The zero-order chi connectivity index (χ0) is 11.7. The molecule has 0 bridgehead atoms. The van der Waals surface area contributed by atoms with Gasteiger partial charge in [0.15, 0.2) is 0 Å². The topological polar surface area (TPSA) is 32.3 Å². The van der Waals surface area contributed by atoms with Crippen LogP contribution in [0.3, 0.4) is 0 Å². The predicted octanol–water partition coefficient (Wildman–Crippen LogP) is 2.70. The van der Waals surface area contributed by atoms with E-state index in [4.69, 9.17) is 0 Å². The minimum Gasteiger partial charge on any atom is -0.261 e. The summed E-state index contributed by atoms with van der Waals surface area (Å²) in [5, 5.41) is 10.1. The molecule has 0 aliphatic carbocycles. The molecule has 0 atom stereocenters. The second-order valence-corrected chi connectivity index (χ2v) is 5.26. The Bertz CT molecular complexity index is 432. The molecule has 0 amide bonds. The molecule has 0 aliphatic heterocycles. The average molecular weight is 254 g/mol. The van der Waals surface area contributed by atoms with Gasteiger partial charge < -0.3 is 0 Å². The molecule has 2 aromatic heterocycles. The fourth-order valence-electron chi connectivity index (χ4n) is 1.24. The Morgan fingerprint density at radius 1 is 0.875 bits per heavy atom. The van der Waals surface area contributed by atoms with Gasteiger partial charge in [0.05, 0.1) is 11.4 Å². The summed E-state index contributed by atoms with van der Waals surface area (Å²) in [5.41, 5.74) is 2.10. The number of nitrogens with zero attached hydrogens (tertiary/aromatic N) is 4. The molecule has 4 nitrogen and oxygen atoms in total. The van der Waals surface area contributed by atoms with E-state index in [1.807, 2.05) is 48.7 Å². The zero-order valence-corrected chi connectivity index (χ0v) is 11.4. The van der Waals surface area contributed by atoms with Crippen molar-refractivity contribution in [1.29, 1.82) is 0 Å². The Morgan fingerprint density at radius 3 is 1.50 bits per heavy atom. The Kier molecular flexibility index (Phi) is 3.11. The largest absolute Gasteiger partial charge is 0.261 e. The van der Waals surface area contributed by atoms with Gasteiger partial charge in [-0.25, -0.2) is 9.97 Å². The smallest absolute Gasteiger partial charge is 0.204 e. The summed E-state index contributed by atoms with van der Waals surface area (Å²) in [6.45, 7) is 4.00. The van der Waals surface area contributed by atoms with Crippen LogP contribution in [-0.2, 0) is 0 Å². The van der Waals surface area contributed by atoms with Crippen molar-refractivity contribution in [3.8, 4) is 0 Å². The number of hydrogen-bond donors (Lipinski definition) is 0. The lowest BCUT2D eigenvalue weighted by Crippen LogP contribution is -2.36. The van der Waals surface area contributed by atoms with Crippen LogP contribution in [0, 0.1) is 13.8 Å². The molecular weight excluding hydrogens is 240 g/mol. The van der Waals surface area contributed by atoms with Crippen LogP contribution in [0.4, 0.5) is 10.3 Å². The number of thiazole rings is 2. The number of hydrazine groups is 1. The predicted molar refractivity (Wildman–Crippen MR) is 70.5 cm³/mol. The highest BCUT2D eigenvalue weighted by Gasteiger charge is 2.13. The quantitative estimate of drug-likeness (QED) is 0.788. The van der Waals surface area contributed by atoms with E-state index in [2.05, 4.69) is 9.97 Å². The monoisotopic (exact) mass is 254 g/mol. The van der Waals surface area contributed by atoms with Crippen LogP contribution in [-0.4, -0.2) is 24.1 Å². The van der Waals surface area contributed by atoms with E-state index in [0.29, 0.717) is 0 Å². The van der Waals surface area contributed by atoms with Gasteiger partial charge in [-0.3, -0.25) is 10.0 Å². The number of hydrogen-bond acceptors (Lipinski definition) is 6. The molecule has 2 rings (SSSR count). The highest BCUT2D eigenvalue weighted by atomic mass is 32.1. The second kappa shape index (κ2) is 4.39. The van der Waals surface area contributed by atoms with E-state index in [1.165, 1.54) is 0 Å². The fraction of sp³-hybridized carbons (Fsp3) is 0.400. The maximum Gasteiger partial charge on any atom is 0.204 e. The first kappa shape index (κ1) is 11.3. The molecule has 2 aromatic rings. The molecule has 2 heterocycles. The number of anilines is 2. The van der Waals surface area contributed by atoms with Crippen LogP contribution in [0.2, 0.25) is 0 Å². The van der Waals surface area contributed by atoms with Gasteiger partial charge in [-0.05, 0) is 13.8 Å². The maximum atomic E-state index is 4.44. The molecule has 0 saturated carbocycles. The summed E-state index contributed by atoms with van der Waals surface area (Å²) in [6.07, 6.45) is 0. The fourth-order valence-corrected chi connectivity index (χ4v) is 2.84. The third-order valence-electron chi connectivity index (χ3n) is 2.22. The van der Waals surface area contributed by atoms with Crippen molar-refractivity contribution in [2.24, 2.45) is 0 Å². The van der Waals surface area contributed by atoms with Gasteiger partial charge in [0, 0.05) is 24.9 Å². The zero-order valence-electron chi connectivity index (χ0n) is 9.76. The molecule has 0 aliphatic rings. The lowest BCUT2D eigenvalue weighted by atomic mass is 10.6. The summed E-state index contributed by atoms with van der Waals surface area (Å²) in [6, 6.07) is 0. The van der Waals surface area contributed by atoms with Crippen molar-refractivity contribution in [1.82, 2.24) is 9.97 Å². The van der Waals surface area contributed by atoms with Gasteiger partial charge >= 0.3 is 0 Å². The van der Waals surface area contributed by atoms with Crippen LogP contribution in [0.5, 0.6) is 0 Å². The summed E-state index contributed by atoms with van der Waals surface area (Å²) < 4.78 is 0. The average Bonchev–Trinajstić information content (AvgIpc) is 2.85. The Morgan fingerprint density at radius 2 is 1.25 bits per heavy atom. The SMILES string of the molecule is Cc1csc(N(C)N(C)c2nc(C)cs2)n1. The van der Waals surface area contributed by atoms with Gasteiger partial charge in [0.1, 0.15) is 0 Å². The molecule has 0 fully saturated rings. The summed E-state index contributed by atoms with van der Waals surface area (Å²) in [7, 11) is 3.99. The van der Waals surface area contributed by atoms with Crippen LogP contribution in [0.1, 0.15) is 11.4 Å². The Hall–Kier alpha value is -1.14. The van der Waals surface area contributed by atoms with Crippen molar-refractivity contribution in [2.75, 3.05) is 24.1 Å². The van der Waals surface area contributed by atoms with Crippen LogP contribution in [0.15, 0.2) is 10.8 Å². The summed E-state index contributed by atoms with van der Waals surface area (Å²) in [5.74, 6) is 0. The van der Waals surface area contributed by atoms with Crippen LogP contribution in [0.25, 0.3) is 0 Å². The van der Waals surface area contributed by atoms with Gasteiger partial charge in [0.25, 0.3) is 0 Å². The molecule has 0 unspecified atom stereocenters. The minimum absolute atomic E-state index is 0.979. The Balaban J connectivity index is 2.19. The van der Waals surface area contributed by atoms with E-state index in [9.17, 15) is 0 Å². The molecule has 86 valence electrons. The molecule has 6 heteroatoms. The van der Waals surface area contributed by atoms with Crippen molar-refractivity contribution < 1.29 is 0 Å². The molecule has 0 aromatic carbocycles. The molecule has 0 N–H and O–H groups in total. The maximum absolute atomic E-state index is 4.44. The van der Waals surface area contributed by atoms with Gasteiger partial charge in [-0.15, -0.1) is 22.7 Å². The minimum atomic E-state index is 0.979. The normalized spacial score (nSPS) is 10.5. The van der Waals surface area contributed by atoms with Crippen LogP contribution >= 0.6 is 22.7 Å². The van der Waals surface area contributed by atoms with E-state index in [1.54, 1.807) is 22.7 Å². The Labute approximate surface area is 103 Å². The van der Waals surface area contributed by atoms with E-state index in [-0.39, 0.29) is 0 Å². The van der Waals surface area contributed by atoms with E-state index >= 15 is 0 Å². The first-order valence-corrected chi connectivity index (χ1v) is 6.65. The lowest BCUT2D eigenvalue weighted by molar-refractivity contribution is 0.872. The highest BCUT2D eigenvalue weighted by Crippen LogP contribution is 2.25. The van der Waals surface area contributed by atoms with Gasteiger partial charge in [0.2, 0.25) is 10.3 Å².